The van der Waals surface area contributed by atoms with E-state index in [1.165, 1.54) is 0 Å². The highest BCUT2D eigenvalue weighted by atomic mass is 16.3. The van der Waals surface area contributed by atoms with Gasteiger partial charge in [-0.15, -0.1) is 0 Å². The first-order chi connectivity index (χ1) is 10.1. The van der Waals surface area contributed by atoms with Crippen molar-refractivity contribution in [2.75, 3.05) is 5.32 Å². The van der Waals surface area contributed by atoms with Gasteiger partial charge in [0, 0.05) is 16.6 Å². The Morgan fingerprint density at radius 3 is 2.81 bits per heavy atom. The number of amides is 1. The van der Waals surface area contributed by atoms with Crippen LogP contribution in [0.3, 0.4) is 0 Å². The molecule has 3 aromatic rings. The van der Waals surface area contributed by atoms with Crippen LogP contribution in [0.5, 0.6) is 0 Å². The summed E-state index contributed by atoms with van der Waals surface area (Å²) in [5.74, 6) is -0.0322. The van der Waals surface area contributed by atoms with E-state index in [2.05, 4.69) is 5.32 Å². The summed E-state index contributed by atoms with van der Waals surface area (Å²) in [6, 6.07) is 13.8. The van der Waals surface area contributed by atoms with Gasteiger partial charge in [0.1, 0.15) is 5.58 Å². The molecular formula is C18H17NO2. The van der Waals surface area contributed by atoms with Crippen molar-refractivity contribution in [1.29, 1.82) is 0 Å². The molecule has 0 aliphatic rings. The van der Waals surface area contributed by atoms with Crippen molar-refractivity contribution in [3.05, 3.63) is 65.4 Å². The first-order valence-corrected chi connectivity index (χ1v) is 6.96. The molecule has 1 amide bonds. The van der Waals surface area contributed by atoms with E-state index < -0.39 is 0 Å². The second-order valence-electron chi connectivity index (χ2n) is 5.30. The zero-order valence-corrected chi connectivity index (χ0v) is 12.1. The molecule has 0 saturated carbocycles. The highest BCUT2D eigenvalue weighted by molar-refractivity contribution is 5.95. The number of nitrogens with one attached hydrogen (secondary N) is 1. The Balaban J connectivity index is 1.79. The van der Waals surface area contributed by atoms with Crippen molar-refractivity contribution in [3.8, 4) is 0 Å². The Hall–Kier alpha value is -2.55. The molecule has 0 atom stereocenters. The van der Waals surface area contributed by atoms with Gasteiger partial charge in [-0.25, -0.2) is 0 Å². The van der Waals surface area contributed by atoms with Crippen LogP contribution in [0.15, 0.2) is 53.1 Å². The summed E-state index contributed by atoms with van der Waals surface area (Å²) >= 11 is 0. The molecule has 1 N–H and O–H groups in total. The van der Waals surface area contributed by atoms with E-state index in [1.807, 2.05) is 56.3 Å². The minimum Gasteiger partial charge on any atom is -0.464 e. The monoisotopic (exact) mass is 279 g/mol. The maximum Gasteiger partial charge on any atom is 0.228 e. The fourth-order valence-corrected chi connectivity index (χ4v) is 2.41. The smallest absolute Gasteiger partial charge is 0.228 e. The van der Waals surface area contributed by atoms with E-state index >= 15 is 0 Å². The third-order valence-electron chi connectivity index (χ3n) is 3.58. The maximum absolute atomic E-state index is 12.2. The molecule has 2 aromatic carbocycles. The second-order valence-corrected chi connectivity index (χ2v) is 5.30. The lowest BCUT2D eigenvalue weighted by Crippen LogP contribution is -2.15. The van der Waals surface area contributed by atoms with Crippen LogP contribution in [-0.2, 0) is 11.2 Å². The number of rotatable bonds is 3. The molecule has 1 aromatic heterocycles. The summed E-state index contributed by atoms with van der Waals surface area (Å²) in [6.45, 7) is 4.00. The van der Waals surface area contributed by atoms with E-state index in [4.69, 9.17) is 4.42 Å². The average molecular weight is 279 g/mol. The van der Waals surface area contributed by atoms with E-state index in [0.717, 1.165) is 33.3 Å². The molecular weight excluding hydrogens is 262 g/mol. The van der Waals surface area contributed by atoms with E-state index in [0.29, 0.717) is 6.42 Å². The Bertz CT molecular complexity index is 802. The Morgan fingerprint density at radius 1 is 1.14 bits per heavy atom. The Kier molecular flexibility index (Phi) is 3.48. The predicted molar refractivity (Wildman–Crippen MR) is 84.5 cm³/mol. The van der Waals surface area contributed by atoms with Gasteiger partial charge in [-0.05, 0) is 37.1 Å². The number of carbonyl (C=O) groups excluding carboxylic acids is 1. The molecule has 0 aliphatic carbocycles. The standard InChI is InChI=1S/C18H17NO2/c1-12-7-8-13(2)16(9-12)19-18(20)10-14-11-21-17-6-4-3-5-15(14)17/h3-9,11H,10H2,1-2H3,(H,19,20). The molecule has 0 saturated heterocycles. The summed E-state index contributed by atoms with van der Waals surface area (Å²) in [7, 11) is 0. The lowest BCUT2D eigenvalue weighted by Gasteiger charge is -2.09. The highest BCUT2D eigenvalue weighted by Crippen LogP contribution is 2.22. The quantitative estimate of drug-likeness (QED) is 0.779. The highest BCUT2D eigenvalue weighted by Gasteiger charge is 2.11. The van der Waals surface area contributed by atoms with Crippen LogP contribution in [0, 0.1) is 13.8 Å². The van der Waals surface area contributed by atoms with Gasteiger partial charge in [-0.2, -0.15) is 0 Å². The van der Waals surface area contributed by atoms with Crippen molar-refractivity contribution in [1.82, 2.24) is 0 Å². The van der Waals surface area contributed by atoms with Crippen LogP contribution < -0.4 is 5.32 Å². The van der Waals surface area contributed by atoms with Gasteiger partial charge in [0.2, 0.25) is 5.91 Å². The number of anilines is 1. The number of carbonyl (C=O) groups is 1. The first-order valence-electron chi connectivity index (χ1n) is 6.96. The number of aryl methyl sites for hydroxylation is 2. The molecule has 1 heterocycles. The molecule has 0 fully saturated rings. The van der Waals surface area contributed by atoms with Crippen LogP contribution in [0.4, 0.5) is 5.69 Å². The number of para-hydroxylation sites is 1. The summed E-state index contributed by atoms with van der Waals surface area (Å²) in [5, 5.41) is 3.97. The van der Waals surface area contributed by atoms with Gasteiger partial charge in [-0.1, -0.05) is 30.3 Å². The Labute approximate surface area is 123 Å². The zero-order chi connectivity index (χ0) is 14.8. The molecule has 0 aliphatic heterocycles. The van der Waals surface area contributed by atoms with Crippen LogP contribution in [-0.4, -0.2) is 5.91 Å². The lowest BCUT2D eigenvalue weighted by molar-refractivity contribution is -0.115. The van der Waals surface area contributed by atoms with Gasteiger partial charge in [0.05, 0.1) is 12.7 Å². The zero-order valence-electron chi connectivity index (χ0n) is 12.1. The third-order valence-corrected chi connectivity index (χ3v) is 3.58. The Morgan fingerprint density at radius 2 is 1.95 bits per heavy atom. The van der Waals surface area contributed by atoms with Crippen molar-refractivity contribution in [3.63, 3.8) is 0 Å². The van der Waals surface area contributed by atoms with E-state index in [9.17, 15) is 4.79 Å². The minimum absolute atomic E-state index is 0.0322. The molecule has 0 radical (unpaired) electrons. The van der Waals surface area contributed by atoms with Gasteiger partial charge in [-0.3, -0.25) is 4.79 Å². The molecule has 3 heteroatoms. The fraction of sp³-hybridized carbons (Fsp3) is 0.167. The van der Waals surface area contributed by atoms with Gasteiger partial charge >= 0.3 is 0 Å². The number of benzene rings is 2. The number of hydrogen-bond donors (Lipinski definition) is 1. The van der Waals surface area contributed by atoms with Crippen LogP contribution in [0.2, 0.25) is 0 Å². The van der Waals surface area contributed by atoms with Crippen LogP contribution >= 0.6 is 0 Å². The summed E-state index contributed by atoms with van der Waals surface area (Å²) in [4.78, 5) is 12.2. The third kappa shape index (κ3) is 2.82. The molecule has 21 heavy (non-hydrogen) atoms. The number of hydrogen-bond acceptors (Lipinski definition) is 2. The van der Waals surface area contributed by atoms with Gasteiger partial charge < -0.3 is 9.73 Å². The first kappa shape index (κ1) is 13.4. The largest absolute Gasteiger partial charge is 0.464 e. The summed E-state index contributed by atoms with van der Waals surface area (Å²) in [6.07, 6.45) is 1.97. The van der Waals surface area contributed by atoms with Crippen molar-refractivity contribution >= 4 is 22.6 Å². The van der Waals surface area contributed by atoms with Crippen LogP contribution in [0.25, 0.3) is 11.0 Å². The van der Waals surface area contributed by atoms with Crippen molar-refractivity contribution in [2.24, 2.45) is 0 Å². The molecule has 3 rings (SSSR count). The number of fused-ring (bicyclic) bond motifs is 1. The summed E-state index contributed by atoms with van der Waals surface area (Å²) < 4.78 is 5.46. The number of furan rings is 1. The van der Waals surface area contributed by atoms with Gasteiger partial charge in [0.25, 0.3) is 0 Å². The topological polar surface area (TPSA) is 42.2 Å². The second kappa shape index (κ2) is 5.44. The van der Waals surface area contributed by atoms with E-state index in [1.54, 1.807) is 6.26 Å². The molecule has 0 bridgehead atoms. The molecule has 0 unspecified atom stereocenters. The van der Waals surface area contributed by atoms with Crippen molar-refractivity contribution in [2.45, 2.75) is 20.3 Å². The van der Waals surface area contributed by atoms with E-state index in [-0.39, 0.29) is 5.91 Å². The van der Waals surface area contributed by atoms with Crippen molar-refractivity contribution < 1.29 is 9.21 Å². The SMILES string of the molecule is Cc1ccc(C)c(NC(=O)Cc2coc3ccccc23)c1. The van der Waals surface area contributed by atoms with Gasteiger partial charge in [0.15, 0.2) is 0 Å². The molecule has 0 spiro atoms. The summed E-state index contributed by atoms with van der Waals surface area (Å²) in [5.41, 5.74) is 4.78. The molecule has 3 nitrogen and oxygen atoms in total. The lowest BCUT2D eigenvalue weighted by atomic mass is 10.1. The normalized spacial score (nSPS) is 10.8. The predicted octanol–water partition coefficient (Wildman–Crippen LogP) is 4.23. The van der Waals surface area contributed by atoms with Crippen LogP contribution in [0.1, 0.15) is 16.7 Å². The average Bonchev–Trinajstić information content (AvgIpc) is 2.86. The molecule has 106 valence electrons. The minimum atomic E-state index is -0.0322. The fourth-order valence-electron chi connectivity index (χ4n) is 2.41. The maximum atomic E-state index is 12.2.